The van der Waals surface area contributed by atoms with Crippen molar-refractivity contribution in [3.8, 4) is 11.3 Å². The van der Waals surface area contributed by atoms with Crippen LogP contribution in [0.4, 0.5) is 8.78 Å². The van der Waals surface area contributed by atoms with Crippen molar-refractivity contribution in [3.63, 3.8) is 0 Å². The largest absolute Gasteiger partial charge is 0.331 e. The first-order valence-corrected chi connectivity index (χ1v) is 6.93. The van der Waals surface area contributed by atoms with Crippen LogP contribution in [0, 0.1) is 11.6 Å². The fourth-order valence-electron chi connectivity index (χ4n) is 2.80. The van der Waals surface area contributed by atoms with Crippen LogP contribution >= 0.6 is 0 Å². The van der Waals surface area contributed by atoms with Gasteiger partial charge in [-0.15, -0.1) is 0 Å². The highest BCUT2D eigenvalue weighted by atomic mass is 19.1. The van der Waals surface area contributed by atoms with Crippen LogP contribution in [0.5, 0.6) is 0 Å². The molecule has 0 unspecified atom stereocenters. The maximum atomic E-state index is 13.9. The topological polar surface area (TPSA) is 62.2 Å². The van der Waals surface area contributed by atoms with E-state index in [0.717, 1.165) is 23.9 Å². The van der Waals surface area contributed by atoms with Crippen LogP contribution in [0.2, 0.25) is 0 Å². The van der Waals surface area contributed by atoms with Gasteiger partial charge in [-0.2, -0.15) is 0 Å². The summed E-state index contributed by atoms with van der Waals surface area (Å²) in [6.07, 6.45) is 2.19. The Kier molecular flexibility index (Phi) is 2.83. The molecule has 0 saturated heterocycles. The highest BCUT2D eigenvalue weighted by Gasteiger charge is 2.18. The van der Waals surface area contributed by atoms with Gasteiger partial charge in [-0.25, -0.2) is 18.6 Å². The molecule has 112 valence electrons. The van der Waals surface area contributed by atoms with Crippen LogP contribution in [0.15, 0.2) is 29.2 Å². The number of nitrogens with one attached hydrogen (secondary N) is 2. The van der Waals surface area contributed by atoms with Crippen molar-refractivity contribution < 1.29 is 8.78 Å². The van der Waals surface area contributed by atoms with E-state index in [1.165, 1.54) is 22.7 Å². The molecule has 22 heavy (non-hydrogen) atoms. The predicted octanol–water partition coefficient (Wildman–Crippen LogP) is 1.61. The third kappa shape index (κ3) is 1.93. The number of halogens is 2. The Balaban J connectivity index is 1.97. The SMILES string of the molecule is O=c1[nH]c2c(c3nc(-c4ccc(F)cc4F)cn13)CNCC2. The van der Waals surface area contributed by atoms with Gasteiger partial charge in [-0.1, -0.05) is 0 Å². The number of hydrogen-bond donors (Lipinski definition) is 2. The Morgan fingerprint density at radius 3 is 2.95 bits per heavy atom. The van der Waals surface area contributed by atoms with E-state index in [1.54, 1.807) is 0 Å². The minimum absolute atomic E-state index is 0.169. The van der Waals surface area contributed by atoms with E-state index in [2.05, 4.69) is 15.3 Å². The van der Waals surface area contributed by atoms with Crippen molar-refractivity contribution in [3.05, 3.63) is 57.8 Å². The highest BCUT2D eigenvalue weighted by Crippen LogP contribution is 2.24. The number of benzene rings is 1. The minimum atomic E-state index is -0.702. The van der Waals surface area contributed by atoms with Crippen molar-refractivity contribution >= 4 is 5.65 Å². The first-order valence-electron chi connectivity index (χ1n) is 6.93. The lowest BCUT2D eigenvalue weighted by Crippen LogP contribution is -2.29. The number of aromatic nitrogens is 3. The van der Waals surface area contributed by atoms with Gasteiger partial charge in [0, 0.05) is 48.6 Å². The van der Waals surface area contributed by atoms with Crippen molar-refractivity contribution in [2.45, 2.75) is 13.0 Å². The summed E-state index contributed by atoms with van der Waals surface area (Å²) in [7, 11) is 0. The van der Waals surface area contributed by atoms with Crippen LogP contribution in [-0.2, 0) is 13.0 Å². The van der Waals surface area contributed by atoms with Gasteiger partial charge in [-0.05, 0) is 12.1 Å². The maximum absolute atomic E-state index is 13.9. The van der Waals surface area contributed by atoms with Gasteiger partial charge >= 0.3 is 5.69 Å². The Morgan fingerprint density at radius 2 is 2.14 bits per heavy atom. The lowest BCUT2D eigenvalue weighted by atomic mass is 10.1. The lowest BCUT2D eigenvalue weighted by Gasteiger charge is -2.16. The fraction of sp³-hybridized carbons (Fsp3) is 0.200. The smallest absolute Gasteiger partial charge is 0.312 e. The molecule has 5 nitrogen and oxygen atoms in total. The van der Waals surface area contributed by atoms with E-state index < -0.39 is 11.6 Å². The Hall–Kier alpha value is -2.54. The van der Waals surface area contributed by atoms with Gasteiger partial charge < -0.3 is 10.3 Å². The molecule has 1 aliphatic heterocycles. The molecule has 0 fully saturated rings. The van der Waals surface area contributed by atoms with E-state index in [-0.39, 0.29) is 11.3 Å². The minimum Gasteiger partial charge on any atom is -0.312 e. The zero-order valence-corrected chi connectivity index (χ0v) is 11.5. The van der Waals surface area contributed by atoms with Crippen molar-refractivity contribution in [1.82, 2.24) is 19.7 Å². The van der Waals surface area contributed by atoms with Crippen molar-refractivity contribution in [2.75, 3.05) is 6.54 Å². The molecule has 0 bridgehead atoms. The number of nitrogens with zero attached hydrogens (tertiary/aromatic N) is 2. The number of H-pyrrole nitrogens is 1. The molecule has 3 aromatic rings. The quantitative estimate of drug-likeness (QED) is 0.718. The molecule has 1 aliphatic rings. The van der Waals surface area contributed by atoms with Crippen LogP contribution in [-0.4, -0.2) is 20.9 Å². The van der Waals surface area contributed by atoms with Gasteiger partial charge in [-0.3, -0.25) is 4.40 Å². The summed E-state index contributed by atoms with van der Waals surface area (Å²) in [5.41, 5.74) is 2.43. The maximum Gasteiger partial charge on any atom is 0.331 e. The normalized spacial score (nSPS) is 14.3. The standard InChI is InChI=1S/C15H12F2N4O/c16-8-1-2-9(11(17)5-8)13-7-21-14(19-13)10-6-18-4-3-12(10)20-15(21)22/h1-2,5,7,18H,3-4,6H2,(H,20,22). The molecule has 1 aromatic carbocycles. The summed E-state index contributed by atoms with van der Waals surface area (Å²) in [6.45, 7) is 1.39. The summed E-state index contributed by atoms with van der Waals surface area (Å²) < 4.78 is 28.3. The average molecular weight is 302 g/mol. The van der Waals surface area contributed by atoms with Gasteiger partial charge in [0.05, 0.1) is 5.69 Å². The molecule has 0 saturated carbocycles. The molecular formula is C15H12F2N4O. The van der Waals surface area contributed by atoms with Crippen molar-refractivity contribution in [2.24, 2.45) is 0 Å². The molecule has 0 amide bonds. The van der Waals surface area contributed by atoms with Crippen molar-refractivity contribution in [1.29, 1.82) is 0 Å². The average Bonchev–Trinajstić information content (AvgIpc) is 2.93. The number of fused-ring (bicyclic) bond motifs is 3. The van der Waals surface area contributed by atoms with Gasteiger partial charge in [0.1, 0.15) is 17.3 Å². The lowest BCUT2D eigenvalue weighted by molar-refractivity contribution is 0.585. The summed E-state index contributed by atoms with van der Waals surface area (Å²) in [6, 6.07) is 3.30. The van der Waals surface area contributed by atoms with Crippen LogP contribution in [0.1, 0.15) is 11.3 Å². The second kappa shape index (κ2) is 4.74. The van der Waals surface area contributed by atoms with Gasteiger partial charge in [0.2, 0.25) is 0 Å². The van der Waals surface area contributed by atoms with E-state index in [0.29, 0.717) is 24.3 Å². The van der Waals surface area contributed by atoms with Gasteiger partial charge in [0.25, 0.3) is 0 Å². The molecule has 0 spiro atoms. The molecule has 3 heterocycles. The zero-order chi connectivity index (χ0) is 15.3. The van der Waals surface area contributed by atoms with E-state index in [1.807, 2.05) is 0 Å². The third-order valence-electron chi connectivity index (χ3n) is 3.88. The Morgan fingerprint density at radius 1 is 1.27 bits per heavy atom. The van der Waals surface area contributed by atoms with E-state index >= 15 is 0 Å². The summed E-state index contributed by atoms with van der Waals surface area (Å²) >= 11 is 0. The Labute approximate surface area is 123 Å². The van der Waals surface area contributed by atoms with E-state index in [4.69, 9.17) is 0 Å². The second-order valence-electron chi connectivity index (χ2n) is 5.26. The third-order valence-corrected chi connectivity index (χ3v) is 3.88. The number of imidazole rings is 1. The highest BCUT2D eigenvalue weighted by molar-refractivity contribution is 5.65. The first-order chi connectivity index (χ1) is 10.6. The number of hydrogen-bond acceptors (Lipinski definition) is 3. The molecule has 0 atom stereocenters. The monoisotopic (exact) mass is 302 g/mol. The van der Waals surface area contributed by atoms with Crippen LogP contribution < -0.4 is 11.0 Å². The molecule has 7 heteroatoms. The first kappa shape index (κ1) is 13.1. The van der Waals surface area contributed by atoms with Crippen LogP contribution in [0.25, 0.3) is 16.9 Å². The second-order valence-corrected chi connectivity index (χ2v) is 5.26. The van der Waals surface area contributed by atoms with Crippen LogP contribution in [0.3, 0.4) is 0 Å². The van der Waals surface area contributed by atoms with Gasteiger partial charge in [0.15, 0.2) is 0 Å². The summed E-state index contributed by atoms with van der Waals surface area (Å²) in [5.74, 6) is -1.35. The van der Waals surface area contributed by atoms with E-state index in [9.17, 15) is 13.6 Å². The summed E-state index contributed by atoms with van der Waals surface area (Å²) in [4.78, 5) is 19.3. The molecule has 0 aliphatic carbocycles. The molecule has 2 aromatic heterocycles. The number of aromatic amines is 1. The molecule has 2 N–H and O–H groups in total. The molecular weight excluding hydrogens is 290 g/mol. The summed E-state index contributed by atoms with van der Waals surface area (Å²) in [5, 5.41) is 3.22. The Bertz CT molecular complexity index is 945. The number of rotatable bonds is 1. The molecule has 4 rings (SSSR count). The zero-order valence-electron chi connectivity index (χ0n) is 11.5. The molecule has 0 radical (unpaired) electrons. The fourth-order valence-corrected chi connectivity index (χ4v) is 2.80. The predicted molar refractivity (Wildman–Crippen MR) is 76.6 cm³/mol.